The fraction of sp³-hybridized carbons (Fsp3) is 0.333. The Kier molecular flexibility index (Phi) is 4.59. The number of rotatable bonds is 3. The zero-order valence-corrected chi connectivity index (χ0v) is 18.9. The molecule has 0 aliphatic carbocycles. The van der Waals surface area contributed by atoms with E-state index in [0.717, 1.165) is 40.5 Å². The maximum absolute atomic E-state index is 12.2. The minimum absolute atomic E-state index is 0.141. The molecule has 1 saturated heterocycles. The molecule has 1 amide bonds. The van der Waals surface area contributed by atoms with E-state index in [1.807, 2.05) is 32.0 Å². The number of hydrogen-bond acceptors (Lipinski definition) is 9. The first-order valence-corrected chi connectivity index (χ1v) is 11.3. The Bertz CT molecular complexity index is 1310. The molecule has 6 rings (SSSR count). The summed E-state index contributed by atoms with van der Waals surface area (Å²) in [5.41, 5.74) is 3.77. The first kappa shape index (κ1) is 20.7. The average Bonchev–Trinajstić information content (AvgIpc) is 3.25. The van der Waals surface area contributed by atoms with Crippen molar-refractivity contribution in [2.45, 2.75) is 32.3 Å². The highest BCUT2D eigenvalue weighted by Crippen LogP contribution is 2.46. The highest BCUT2D eigenvalue weighted by Gasteiger charge is 2.36. The summed E-state index contributed by atoms with van der Waals surface area (Å²) in [6.07, 6.45) is 4.84. The van der Waals surface area contributed by atoms with Crippen LogP contribution in [-0.4, -0.2) is 45.8 Å². The van der Waals surface area contributed by atoms with Crippen molar-refractivity contribution in [2.75, 3.05) is 35.0 Å². The number of benzene rings is 1. The summed E-state index contributed by atoms with van der Waals surface area (Å²) in [6.45, 7) is 5.39. The number of aromatic nitrogens is 3. The number of carbonyl (C=O) groups excluding carboxylic acids is 1. The van der Waals surface area contributed by atoms with Gasteiger partial charge in [0.1, 0.15) is 23.6 Å². The number of hydrogen-bond donors (Lipinski definition) is 2. The lowest BCUT2D eigenvalue weighted by molar-refractivity contribution is -0.117. The van der Waals surface area contributed by atoms with Gasteiger partial charge in [-0.2, -0.15) is 0 Å². The van der Waals surface area contributed by atoms with Crippen molar-refractivity contribution >= 4 is 28.9 Å². The monoisotopic (exact) mass is 460 g/mol. The molecule has 5 heterocycles. The second-order valence-corrected chi connectivity index (χ2v) is 9.04. The SMILES string of the molecule is CC1(C)Oc2cc(N3CCCC3=O)ccc2-c2cnc(Nc3cnc4c(c3)N(O)CCO4)nc21. The lowest BCUT2D eigenvalue weighted by atomic mass is 9.91. The normalized spacial score (nSPS) is 17.9. The van der Waals surface area contributed by atoms with E-state index in [2.05, 4.69) is 15.3 Å². The van der Waals surface area contributed by atoms with Crippen LogP contribution in [0.4, 0.5) is 23.0 Å². The average molecular weight is 460 g/mol. The molecule has 3 aromatic rings. The van der Waals surface area contributed by atoms with Crippen LogP contribution in [0.1, 0.15) is 32.4 Å². The van der Waals surface area contributed by atoms with Crippen LogP contribution in [0.25, 0.3) is 11.1 Å². The zero-order chi connectivity index (χ0) is 23.4. The molecule has 1 aromatic carbocycles. The van der Waals surface area contributed by atoms with Crippen molar-refractivity contribution in [1.82, 2.24) is 15.0 Å². The number of ether oxygens (including phenoxy) is 2. The number of nitrogens with one attached hydrogen (secondary N) is 1. The number of carbonyl (C=O) groups is 1. The molecule has 34 heavy (non-hydrogen) atoms. The van der Waals surface area contributed by atoms with Crippen LogP contribution in [0.15, 0.2) is 36.7 Å². The van der Waals surface area contributed by atoms with Crippen LogP contribution < -0.4 is 24.8 Å². The standard InChI is InChI=1S/C24H24N6O4/c1-24(2)21-17(16-6-5-15(11-19(16)34-24)29-7-3-4-20(29)31)13-26-23(28-21)27-14-10-18-22(25-12-14)33-9-8-30(18)32/h5-6,10-13,32H,3-4,7-9H2,1-2H3,(H,26,27,28). The molecule has 10 heteroatoms. The predicted molar refractivity (Wildman–Crippen MR) is 125 cm³/mol. The van der Waals surface area contributed by atoms with Gasteiger partial charge in [0.2, 0.25) is 17.7 Å². The van der Waals surface area contributed by atoms with Gasteiger partial charge in [-0.3, -0.25) is 10.0 Å². The number of anilines is 4. The summed E-state index contributed by atoms with van der Waals surface area (Å²) >= 11 is 0. The molecule has 0 spiro atoms. The molecular formula is C24H24N6O4. The van der Waals surface area contributed by atoms with Gasteiger partial charge in [-0.1, -0.05) is 0 Å². The van der Waals surface area contributed by atoms with Crippen LogP contribution in [-0.2, 0) is 10.4 Å². The molecule has 0 bridgehead atoms. The van der Waals surface area contributed by atoms with Gasteiger partial charge in [-0.05, 0) is 38.5 Å². The van der Waals surface area contributed by atoms with Gasteiger partial charge in [-0.15, -0.1) is 0 Å². The quantitative estimate of drug-likeness (QED) is 0.605. The van der Waals surface area contributed by atoms with Gasteiger partial charge < -0.3 is 19.7 Å². The van der Waals surface area contributed by atoms with Crippen LogP contribution in [0.3, 0.4) is 0 Å². The Balaban J connectivity index is 1.33. The number of pyridine rings is 1. The number of hydroxylamine groups is 1. The van der Waals surface area contributed by atoms with Crippen molar-refractivity contribution in [3.05, 3.63) is 42.4 Å². The second kappa shape index (κ2) is 7.56. The smallest absolute Gasteiger partial charge is 0.240 e. The molecule has 3 aliphatic rings. The molecule has 0 atom stereocenters. The van der Waals surface area contributed by atoms with Crippen molar-refractivity contribution < 1.29 is 19.5 Å². The third-order valence-corrected chi connectivity index (χ3v) is 6.27. The summed E-state index contributed by atoms with van der Waals surface area (Å²) in [5.74, 6) is 1.62. The molecule has 2 N–H and O–H groups in total. The third-order valence-electron chi connectivity index (χ3n) is 6.27. The van der Waals surface area contributed by atoms with E-state index in [9.17, 15) is 10.0 Å². The maximum Gasteiger partial charge on any atom is 0.240 e. The Labute approximate surface area is 196 Å². The highest BCUT2D eigenvalue weighted by atomic mass is 16.5. The van der Waals surface area contributed by atoms with E-state index in [1.54, 1.807) is 23.4 Å². The molecule has 0 unspecified atom stereocenters. The van der Waals surface area contributed by atoms with E-state index in [-0.39, 0.29) is 5.91 Å². The van der Waals surface area contributed by atoms with Crippen LogP contribution >= 0.6 is 0 Å². The number of amides is 1. The first-order chi connectivity index (χ1) is 16.4. The van der Waals surface area contributed by atoms with E-state index in [1.165, 1.54) is 0 Å². The van der Waals surface area contributed by atoms with Gasteiger partial charge in [0.15, 0.2) is 0 Å². The van der Waals surface area contributed by atoms with Crippen molar-refractivity contribution in [2.24, 2.45) is 0 Å². The summed E-state index contributed by atoms with van der Waals surface area (Å²) in [5, 5.41) is 14.4. The topological polar surface area (TPSA) is 113 Å². The van der Waals surface area contributed by atoms with Gasteiger partial charge >= 0.3 is 0 Å². The molecule has 0 saturated carbocycles. The van der Waals surface area contributed by atoms with Gasteiger partial charge in [0.25, 0.3) is 0 Å². The molecule has 2 aromatic heterocycles. The summed E-state index contributed by atoms with van der Waals surface area (Å²) in [6, 6.07) is 7.57. The van der Waals surface area contributed by atoms with Crippen LogP contribution in [0.5, 0.6) is 11.6 Å². The Morgan fingerprint density at radius 3 is 2.82 bits per heavy atom. The van der Waals surface area contributed by atoms with E-state index in [0.29, 0.717) is 48.5 Å². The van der Waals surface area contributed by atoms with Gasteiger partial charge in [-0.25, -0.2) is 20.0 Å². The Hall–Kier alpha value is -3.92. The second-order valence-electron chi connectivity index (χ2n) is 9.04. The Morgan fingerprint density at radius 2 is 2.00 bits per heavy atom. The largest absolute Gasteiger partial charge is 0.481 e. The zero-order valence-electron chi connectivity index (χ0n) is 18.9. The predicted octanol–water partition coefficient (Wildman–Crippen LogP) is 3.62. The highest BCUT2D eigenvalue weighted by molar-refractivity contribution is 5.96. The maximum atomic E-state index is 12.2. The van der Waals surface area contributed by atoms with E-state index >= 15 is 0 Å². The molecule has 3 aliphatic heterocycles. The Morgan fingerprint density at radius 1 is 1.12 bits per heavy atom. The number of fused-ring (bicyclic) bond motifs is 4. The lowest BCUT2D eigenvalue weighted by Crippen LogP contribution is -2.31. The van der Waals surface area contributed by atoms with E-state index in [4.69, 9.17) is 14.5 Å². The van der Waals surface area contributed by atoms with Crippen LogP contribution in [0.2, 0.25) is 0 Å². The van der Waals surface area contributed by atoms with Gasteiger partial charge in [0.05, 0.1) is 24.1 Å². The third kappa shape index (κ3) is 3.38. The van der Waals surface area contributed by atoms with Crippen molar-refractivity contribution in [3.63, 3.8) is 0 Å². The summed E-state index contributed by atoms with van der Waals surface area (Å²) in [7, 11) is 0. The number of nitrogens with zero attached hydrogens (tertiary/aromatic N) is 5. The fourth-order valence-electron chi connectivity index (χ4n) is 4.61. The molecule has 0 radical (unpaired) electrons. The lowest BCUT2D eigenvalue weighted by Gasteiger charge is -2.34. The summed E-state index contributed by atoms with van der Waals surface area (Å²) in [4.78, 5) is 27.5. The molecule has 174 valence electrons. The molecular weight excluding hydrogens is 436 g/mol. The summed E-state index contributed by atoms with van der Waals surface area (Å²) < 4.78 is 11.8. The van der Waals surface area contributed by atoms with Crippen molar-refractivity contribution in [3.8, 4) is 22.8 Å². The van der Waals surface area contributed by atoms with Crippen molar-refractivity contribution in [1.29, 1.82) is 0 Å². The minimum Gasteiger partial charge on any atom is -0.481 e. The first-order valence-electron chi connectivity index (χ1n) is 11.3. The molecule has 10 nitrogen and oxygen atoms in total. The van der Waals surface area contributed by atoms with Crippen LogP contribution in [0, 0.1) is 0 Å². The fourth-order valence-corrected chi connectivity index (χ4v) is 4.61. The van der Waals surface area contributed by atoms with Gasteiger partial charge in [0, 0.05) is 42.0 Å². The minimum atomic E-state index is -0.709. The van der Waals surface area contributed by atoms with E-state index < -0.39 is 5.60 Å². The molecule has 1 fully saturated rings.